The Balaban J connectivity index is 1.96. The smallest absolute Gasteiger partial charge is 0.261 e. The second-order valence-electron chi connectivity index (χ2n) is 6.11. The van der Waals surface area contributed by atoms with Crippen molar-refractivity contribution in [3.63, 3.8) is 0 Å². The number of benzene rings is 1. The van der Waals surface area contributed by atoms with Crippen LogP contribution in [0.3, 0.4) is 0 Å². The molecule has 4 nitrogen and oxygen atoms in total. The molecule has 0 unspecified atom stereocenters. The van der Waals surface area contributed by atoms with Crippen LogP contribution in [0.2, 0.25) is 0 Å². The predicted octanol–water partition coefficient (Wildman–Crippen LogP) is 4.57. The normalized spacial score (nSPS) is 14.9. The largest absolute Gasteiger partial charge is 0.493 e. The zero-order valence-corrected chi connectivity index (χ0v) is 16.5. The molecule has 0 spiro atoms. The number of halogens is 1. The summed E-state index contributed by atoms with van der Waals surface area (Å²) in [6, 6.07) is 5.82. The van der Waals surface area contributed by atoms with Crippen molar-refractivity contribution in [1.29, 1.82) is 0 Å². The highest BCUT2D eigenvalue weighted by molar-refractivity contribution is 9.10. The van der Waals surface area contributed by atoms with Crippen molar-refractivity contribution in [3.8, 4) is 5.75 Å². The number of amides is 1. The Hall–Kier alpha value is -1.14. The highest BCUT2D eigenvalue weighted by Gasteiger charge is 2.18. The summed E-state index contributed by atoms with van der Waals surface area (Å²) >= 11 is 8.71. The minimum absolute atomic E-state index is 0.240. The van der Waals surface area contributed by atoms with Crippen molar-refractivity contribution in [2.45, 2.75) is 57.9 Å². The monoisotopic (exact) mass is 412 g/mol. The zero-order valence-electron chi connectivity index (χ0n) is 14.1. The maximum Gasteiger partial charge on any atom is 0.261 e. The number of thiocarbonyl (C=S) groups is 1. The topological polar surface area (TPSA) is 50.4 Å². The average molecular weight is 413 g/mol. The van der Waals surface area contributed by atoms with E-state index in [1.54, 1.807) is 6.07 Å². The second kappa shape index (κ2) is 9.99. The molecule has 0 heterocycles. The molecule has 132 valence electrons. The van der Waals surface area contributed by atoms with E-state index in [4.69, 9.17) is 17.0 Å². The Labute approximate surface area is 157 Å². The third-order valence-corrected chi connectivity index (χ3v) is 4.82. The maximum absolute atomic E-state index is 12.6. The Bertz CT molecular complexity index is 574. The molecule has 1 aliphatic rings. The molecule has 0 bridgehead atoms. The van der Waals surface area contributed by atoms with Crippen LogP contribution in [0.15, 0.2) is 22.7 Å². The van der Waals surface area contributed by atoms with Crippen molar-refractivity contribution in [2.75, 3.05) is 6.61 Å². The molecule has 1 fully saturated rings. The number of nitrogens with one attached hydrogen (secondary N) is 2. The second-order valence-corrected chi connectivity index (χ2v) is 7.43. The Morgan fingerprint density at radius 2 is 2.08 bits per heavy atom. The molecule has 0 radical (unpaired) electrons. The van der Waals surface area contributed by atoms with Gasteiger partial charge in [0.2, 0.25) is 0 Å². The van der Waals surface area contributed by atoms with Gasteiger partial charge in [0.1, 0.15) is 5.75 Å². The van der Waals surface area contributed by atoms with Crippen molar-refractivity contribution in [3.05, 3.63) is 28.2 Å². The van der Waals surface area contributed by atoms with Crippen LogP contribution in [0, 0.1) is 0 Å². The van der Waals surface area contributed by atoms with Crippen LogP contribution in [0.5, 0.6) is 5.75 Å². The summed E-state index contributed by atoms with van der Waals surface area (Å²) in [5.74, 6) is 0.348. The van der Waals surface area contributed by atoms with Crippen LogP contribution in [-0.4, -0.2) is 23.7 Å². The van der Waals surface area contributed by atoms with Gasteiger partial charge in [-0.05, 0) is 49.7 Å². The number of carbonyl (C=O) groups is 1. The SMILES string of the molecule is CCCCOc1ccc(Br)cc1C(=O)NC(=S)NC1CCCCC1. The van der Waals surface area contributed by atoms with Crippen LogP contribution >= 0.6 is 28.1 Å². The van der Waals surface area contributed by atoms with E-state index >= 15 is 0 Å². The first-order chi connectivity index (χ1) is 11.6. The summed E-state index contributed by atoms with van der Waals surface area (Å²) in [6.07, 6.45) is 7.95. The van der Waals surface area contributed by atoms with E-state index in [0.717, 1.165) is 30.2 Å². The third kappa shape index (κ3) is 6.06. The van der Waals surface area contributed by atoms with E-state index in [1.807, 2.05) is 12.1 Å². The van der Waals surface area contributed by atoms with Gasteiger partial charge >= 0.3 is 0 Å². The molecule has 0 atom stereocenters. The summed E-state index contributed by atoms with van der Waals surface area (Å²) in [5.41, 5.74) is 0.494. The maximum atomic E-state index is 12.6. The average Bonchev–Trinajstić information content (AvgIpc) is 2.57. The van der Waals surface area contributed by atoms with Gasteiger partial charge in [0, 0.05) is 10.5 Å². The molecule has 0 aliphatic heterocycles. The lowest BCUT2D eigenvalue weighted by molar-refractivity contribution is 0.0972. The van der Waals surface area contributed by atoms with E-state index in [9.17, 15) is 4.79 Å². The van der Waals surface area contributed by atoms with Gasteiger partial charge < -0.3 is 10.1 Å². The van der Waals surface area contributed by atoms with Gasteiger partial charge in [-0.25, -0.2) is 0 Å². The van der Waals surface area contributed by atoms with Gasteiger partial charge in [0.25, 0.3) is 5.91 Å². The fraction of sp³-hybridized carbons (Fsp3) is 0.556. The standard InChI is InChI=1S/C18H25BrN2O2S/c1-2-3-11-23-16-10-9-13(19)12-15(16)17(22)21-18(24)20-14-7-5-4-6-8-14/h9-10,12,14H,2-8,11H2,1H3,(H2,20,21,22,24). The van der Waals surface area contributed by atoms with E-state index in [2.05, 4.69) is 33.5 Å². The molecule has 0 saturated heterocycles. The number of rotatable bonds is 6. The first-order valence-corrected chi connectivity index (χ1v) is 9.84. The summed E-state index contributed by atoms with van der Waals surface area (Å²) < 4.78 is 6.57. The third-order valence-electron chi connectivity index (χ3n) is 4.11. The summed E-state index contributed by atoms with van der Waals surface area (Å²) in [5, 5.41) is 6.43. The van der Waals surface area contributed by atoms with Crippen LogP contribution in [0.25, 0.3) is 0 Å². The van der Waals surface area contributed by atoms with Crippen LogP contribution in [0.1, 0.15) is 62.2 Å². The van der Waals surface area contributed by atoms with Gasteiger partial charge in [-0.2, -0.15) is 0 Å². The Morgan fingerprint density at radius 1 is 1.33 bits per heavy atom. The van der Waals surface area contributed by atoms with E-state index in [1.165, 1.54) is 19.3 Å². The highest BCUT2D eigenvalue weighted by Crippen LogP contribution is 2.23. The number of hydrogen-bond donors (Lipinski definition) is 2. The van der Waals surface area contributed by atoms with E-state index in [-0.39, 0.29) is 5.91 Å². The number of unbranched alkanes of at least 4 members (excludes halogenated alkanes) is 1. The van der Waals surface area contributed by atoms with Crippen LogP contribution < -0.4 is 15.4 Å². The lowest BCUT2D eigenvalue weighted by Gasteiger charge is -2.24. The molecule has 1 aromatic rings. The van der Waals surface area contributed by atoms with Crippen LogP contribution in [0.4, 0.5) is 0 Å². The van der Waals surface area contributed by atoms with Gasteiger partial charge in [0.15, 0.2) is 5.11 Å². The van der Waals surface area contributed by atoms with E-state index in [0.29, 0.717) is 29.1 Å². The van der Waals surface area contributed by atoms with Gasteiger partial charge in [-0.1, -0.05) is 48.5 Å². The van der Waals surface area contributed by atoms with E-state index < -0.39 is 0 Å². The molecular weight excluding hydrogens is 388 g/mol. The quantitative estimate of drug-likeness (QED) is 0.530. The van der Waals surface area contributed by atoms with Gasteiger partial charge in [0.05, 0.1) is 12.2 Å². The number of carbonyl (C=O) groups excluding carboxylic acids is 1. The molecule has 1 aliphatic carbocycles. The molecule has 2 N–H and O–H groups in total. The van der Waals surface area contributed by atoms with Crippen LogP contribution in [-0.2, 0) is 0 Å². The summed E-state index contributed by atoms with van der Waals surface area (Å²) in [6.45, 7) is 2.71. The van der Waals surface area contributed by atoms with Crippen molar-refractivity contribution in [2.24, 2.45) is 0 Å². The van der Waals surface area contributed by atoms with Crippen molar-refractivity contribution >= 4 is 39.2 Å². The summed E-state index contributed by atoms with van der Waals surface area (Å²) in [4.78, 5) is 12.6. The number of ether oxygens (including phenoxy) is 1. The van der Waals surface area contributed by atoms with Gasteiger partial charge in [-0.3, -0.25) is 10.1 Å². The lowest BCUT2D eigenvalue weighted by atomic mass is 9.96. The molecule has 2 rings (SSSR count). The molecule has 0 aromatic heterocycles. The minimum Gasteiger partial charge on any atom is -0.493 e. The fourth-order valence-corrected chi connectivity index (χ4v) is 3.39. The van der Waals surface area contributed by atoms with Gasteiger partial charge in [-0.15, -0.1) is 0 Å². The predicted molar refractivity (Wildman–Crippen MR) is 105 cm³/mol. The zero-order chi connectivity index (χ0) is 17.4. The first-order valence-electron chi connectivity index (χ1n) is 8.64. The summed E-state index contributed by atoms with van der Waals surface area (Å²) in [7, 11) is 0. The minimum atomic E-state index is -0.240. The Kier molecular flexibility index (Phi) is 7.99. The molecule has 1 aromatic carbocycles. The Morgan fingerprint density at radius 3 is 2.79 bits per heavy atom. The molecule has 1 saturated carbocycles. The molecule has 24 heavy (non-hydrogen) atoms. The lowest BCUT2D eigenvalue weighted by Crippen LogP contribution is -2.45. The first kappa shape index (κ1) is 19.2. The van der Waals surface area contributed by atoms with Crippen molar-refractivity contribution < 1.29 is 9.53 Å². The number of hydrogen-bond acceptors (Lipinski definition) is 3. The molecule has 1 amide bonds. The fourth-order valence-electron chi connectivity index (χ4n) is 2.77. The van der Waals surface area contributed by atoms with Crippen molar-refractivity contribution in [1.82, 2.24) is 10.6 Å². The molecular formula is C18H25BrN2O2S. The highest BCUT2D eigenvalue weighted by atomic mass is 79.9. The molecule has 6 heteroatoms.